The van der Waals surface area contributed by atoms with Crippen LogP contribution in [0.2, 0.25) is 10.2 Å². The van der Waals surface area contributed by atoms with E-state index in [1.165, 1.54) is 36.2 Å². The number of nitrogens with zero attached hydrogens (tertiary/aromatic N) is 1. The second-order valence-corrected chi connectivity index (χ2v) is 7.12. The van der Waals surface area contributed by atoms with E-state index in [0.717, 1.165) is 18.2 Å². The maximum absolute atomic E-state index is 14.4. The van der Waals surface area contributed by atoms with Crippen molar-refractivity contribution in [3.05, 3.63) is 93.5 Å². The molecule has 0 aliphatic heterocycles. The Hall–Kier alpha value is -1.69. The summed E-state index contributed by atoms with van der Waals surface area (Å²) in [7, 11) is 0. The van der Waals surface area contributed by atoms with Crippen LogP contribution >= 0.6 is 35.0 Å². The molecule has 1 heterocycles. The van der Waals surface area contributed by atoms with E-state index in [0.29, 0.717) is 10.5 Å². The quantitative estimate of drug-likeness (QED) is 0.358. The van der Waals surface area contributed by atoms with Crippen LogP contribution in [0.1, 0.15) is 16.4 Å². The summed E-state index contributed by atoms with van der Waals surface area (Å²) in [5.41, 5.74) is 0.596. The number of hydrogen-bond acceptors (Lipinski definition) is 2. The molecule has 0 aliphatic carbocycles. The molecule has 128 valence electrons. The molecule has 0 bridgehead atoms. The zero-order chi connectivity index (χ0) is 18.0. The number of aromatic nitrogens is 1. The zero-order valence-corrected chi connectivity index (χ0v) is 14.8. The van der Waals surface area contributed by atoms with Gasteiger partial charge in [-0.3, -0.25) is 0 Å². The van der Waals surface area contributed by atoms with Crippen LogP contribution in [0.4, 0.5) is 13.2 Å². The molecular weight excluding hydrogens is 390 g/mol. The van der Waals surface area contributed by atoms with Crippen LogP contribution in [0, 0.1) is 17.5 Å². The first-order valence-electron chi connectivity index (χ1n) is 7.12. The van der Waals surface area contributed by atoms with E-state index in [9.17, 15) is 13.2 Å². The molecule has 0 saturated carbocycles. The van der Waals surface area contributed by atoms with Crippen molar-refractivity contribution >= 4 is 35.0 Å². The van der Waals surface area contributed by atoms with Gasteiger partial charge in [0, 0.05) is 16.7 Å². The Morgan fingerprint density at radius 3 is 2.24 bits per heavy atom. The van der Waals surface area contributed by atoms with Crippen molar-refractivity contribution in [1.29, 1.82) is 0 Å². The number of thioether (sulfide) groups is 1. The van der Waals surface area contributed by atoms with E-state index in [1.54, 1.807) is 12.1 Å². The molecule has 1 unspecified atom stereocenters. The van der Waals surface area contributed by atoms with Gasteiger partial charge < -0.3 is 0 Å². The second-order valence-electron chi connectivity index (χ2n) is 5.15. The van der Waals surface area contributed by atoms with Gasteiger partial charge in [0.05, 0.1) is 10.3 Å². The Morgan fingerprint density at radius 2 is 1.52 bits per heavy atom. The summed E-state index contributed by atoms with van der Waals surface area (Å²) in [4.78, 5) is 4.55. The maximum atomic E-state index is 14.4. The van der Waals surface area contributed by atoms with Crippen LogP contribution in [0.3, 0.4) is 0 Å². The van der Waals surface area contributed by atoms with Gasteiger partial charge in [0.2, 0.25) is 0 Å². The van der Waals surface area contributed by atoms with Gasteiger partial charge in [-0.25, -0.2) is 18.2 Å². The fourth-order valence-corrected chi connectivity index (χ4v) is 3.93. The predicted molar refractivity (Wildman–Crippen MR) is 94.7 cm³/mol. The lowest BCUT2D eigenvalue weighted by Crippen LogP contribution is -2.03. The van der Waals surface area contributed by atoms with Crippen LogP contribution in [-0.4, -0.2) is 4.98 Å². The molecule has 0 saturated heterocycles. The maximum Gasteiger partial charge on any atom is 0.129 e. The van der Waals surface area contributed by atoms with Gasteiger partial charge in [-0.2, -0.15) is 0 Å². The van der Waals surface area contributed by atoms with Gasteiger partial charge in [-0.15, -0.1) is 11.8 Å². The summed E-state index contributed by atoms with van der Waals surface area (Å²) in [5.74, 6) is -1.54. The van der Waals surface area contributed by atoms with Gasteiger partial charge in [-0.1, -0.05) is 23.2 Å². The highest BCUT2D eigenvalue weighted by Crippen LogP contribution is 2.44. The number of halogens is 5. The minimum Gasteiger partial charge on any atom is -0.243 e. The summed E-state index contributed by atoms with van der Waals surface area (Å²) >= 11 is 13.4. The highest BCUT2D eigenvalue weighted by Gasteiger charge is 2.23. The zero-order valence-electron chi connectivity index (χ0n) is 12.5. The van der Waals surface area contributed by atoms with Crippen LogP contribution < -0.4 is 0 Å². The summed E-state index contributed by atoms with van der Waals surface area (Å²) < 4.78 is 41.2. The van der Waals surface area contributed by atoms with E-state index in [-0.39, 0.29) is 21.6 Å². The lowest BCUT2D eigenvalue weighted by molar-refractivity contribution is 0.587. The van der Waals surface area contributed by atoms with Gasteiger partial charge >= 0.3 is 0 Å². The topological polar surface area (TPSA) is 12.9 Å². The van der Waals surface area contributed by atoms with E-state index in [4.69, 9.17) is 23.2 Å². The third kappa shape index (κ3) is 4.29. The first kappa shape index (κ1) is 18.1. The van der Waals surface area contributed by atoms with Gasteiger partial charge in [0.1, 0.15) is 22.6 Å². The molecule has 1 aromatic heterocycles. The lowest BCUT2D eigenvalue weighted by Gasteiger charge is -2.20. The molecular formula is C18H10Cl2F3NS. The third-order valence-corrected chi connectivity index (χ3v) is 5.25. The van der Waals surface area contributed by atoms with Crippen LogP contribution in [0.25, 0.3) is 0 Å². The minimum atomic E-state index is -0.686. The first-order chi connectivity index (χ1) is 11.9. The van der Waals surface area contributed by atoms with Crippen molar-refractivity contribution < 1.29 is 13.2 Å². The summed E-state index contributed by atoms with van der Waals surface area (Å²) in [6.45, 7) is 0. The molecule has 1 atom stereocenters. The predicted octanol–water partition coefficient (Wildman–Crippen LogP) is 6.69. The monoisotopic (exact) mass is 399 g/mol. The van der Waals surface area contributed by atoms with Gasteiger partial charge in [0.25, 0.3) is 0 Å². The van der Waals surface area contributed by atoms with Gasteiger partial charge in [-0.05, 0) is 54.1 Å². The average molecular weight is 400 g/mol. The average Bonchev–Trinajstić information content (AvgIpc) is 2.59. The lowest BCUT2D eigenvalue weighted by atomic mass is 10.0. The number of hydrogen-bond donors (Lipinski definition) is 0. The van der Waals surface area contributed by atoms with Gasteiger partial charge in [0.15, 0.2) is 0 Å². The Morgan fingerprint density at radius 1 is 0.840 bits per heavy atom. The molecule has 0 amide bonds. The number of pyridine rings is 1. The molecule has 0 radical (unpaired) electrons. The highest BCUT2D eigenvalue weighted by molar-refractivity contribution is 7.99. The fourth-order valence-electron chi connectivity index (χ4n) is 2.29. The van der Waals surface area contributed by atoms with Crippen LogP contribution in [0.5, 0.6) is 0 Å². The van der Waals surface area contributed by atoms with Crippen molar-refractivity contribution in [3.8, 4) is 0 Å². The smallest absolute Gasteiger partial charge is 0.129 e. The van der Waals surface area contributed by atoms with E-state index in [2.05, 4.69) is 4.98 Å². The molecule has 1 nitrogen and oxygen atoms in total. The second kappa shape index (κ2) is 7.68. The Bertz CT molecular complexity index is 852. The molecule has 3 aromatic rings. The molecule has 7 heteroatoms. The van der Waals surface area contributed by atoms with Crippen molar-refractivity contribution in [2.24, 2.45) is 0 Å². The highest BCUT2D eigenvalue weighted by atomic mass is 35.5. The normalized spacial score (nSPS) is 12.2. The van der Waals surface area contributed by atoms with E-state index < -0.39 is 16.9 Å². The van der Waals surface area contributed by atoms with Crippen molar-refractivity contribution in [3.63, 3.8) is 0 Å². The molecule has 2 aromatic carbocycles. The molecule has 3 rings (SSSR count). The number of benzene rings is 2. The molecule has 0 N–H and O–H groups in total. The summed E-state index contributed by atoms with van der Waals surface area (Å²) in [6.07, 6.45) is 1.36. The Kier molecular flexibility index (Phi) is 5.57. The largest absolute Gasteiger partial charge is 0.243 e. The Balaban J connectivity index is 2.12. The van der Waals surface area contributed by atoms with Crippen molar-refractivity contribution in [2.45, 2.75) is 10.1 Å². The van der Waals surface area contributed by atoms with E-state index in [1.807, 2.05) is 0 Å². The SMILES string of the molecule is Fc1ccc(SC(c2cc(F)ccc2F)c2cc(Cl)ncc2Cl)cc1. The molecule has 0 fully saturated rings. The molecule has 0 aliphatic rings. The summed E-state index contributed by atoms with van der Waals surface area (Å²) in [6, 6.07) is 10.4. The first-order valence-corrected chi connectivity index (χ1v) is 8.75. The third-order valence-electron chi connectivity index (χ3n) is 3.44. The van der Waals surface area contributed by atoms with Crippen molar-refractivity contribution in [2.75, 3.05) is 0 Å². The Labute approximate surface area is 156 Å². The summed E-state index contributed by atoms with van der Waals surface area (Å²) in [5, 5.41) is -0.234. The van der Waals surface area contributed by atoms with Crippen molar-refractivity contribution in [1.82, 2.24) is 4.98 Å². The molecule has 25 heavy (non-hydrogen) atoms. The van der Waals surface area contributed by atoms with E-state index >= 15 is 0 Å². The number of rotatable bonds is 4. The fraction of sp³-hybridized carbons (Fsp3) is 0.0556. The minimum absolute atomic E-state index is 0.110. The van der Waals surface area contributed by atoms with Crippen LogP contribution in [-0.2, 0) is 0 Å². The standard InChI is InChI=1S/C18H10Cl2F3NS/c19-15-9-24-17(20)8-13(15)18(14-7-11(22)3-6-16(14)23)25-12-4-1-10(21)2-5-12/h1-9,18H. The molecule has 0 spiro atoms. The van der Waals surface area contributed by atoms with Crippen LogP contribution in [0.15, 0.2) is 59.6 Å².